The lowest BCUT2D eigenvalue weighted by Gasteiger charge is -1.88. The molecule has 0 saturated heterocycles. The minimum absolute atomic E-state index is 0.873. The highest BCUT2D eigenvalue weighted by molar-refractivity contribution is 5.30. The molecule has 1 rings (SSSR count). The molecule has 0 saturated carbocycles. The van der Waals surface area contributed by atoms with Gasteiger partial charge in [0, 0.05) is 5.70 Å². The first-order valence-corrected chi connectivity index (χ1v) is 3.09. The van der Waals surface area contributed by atoms with Gasteiger partial charge in [0.15, 0.2) is 0 Å². The fourth-order valence-corrected chi connectivity index (χ4v) is 0.828. The summed E-state index contributed by atoms with van der Waals surface area (Å²) in [6.45, 7) is 2.04. The van der Waals surface area contributed by atoms with Crippen molar-refractivity contribution in [3.05, 3.63) is 35.6 Å². The van der Waals surface area contributed by atoms with E-state index in [4.69, 9.17) is 5.73 Å². The third kappa shape index (κ3) is 1.76. The molecule has 9 heavy (non-hydrogen) atoms. The molecule has 0 aliphatic heterocycles. The molecule has 0 fully saturated rings. The summed E-state index contributed by atoms with van der Waals surface area (Å²) in [5.41, 5.74) is 7.67. The van der Waals surface area contributed by atoms with Crippen LogP contribution in [0.4, 0.5) is 0 Å². The van der Waals surface area contributed by atoms with E-state index in [0.717, 1.165) is 12.1 Å². The average molecular weight is 121 g/mol. The Bertz CT molecular complexity index is 185. The maximum atomic E-state index is 5.57. The second-order valence-corrected chi connectivity index (χ2v) is 2.23. The van der Waals surface area contributed by atoms with Crippen LogP contribution < -0.4 is 5.73 Å². The topological polar surface area (TPSA) is 26.0 Å². The molecule has 1 aliphatic rings. The maximum Gasteiger partial charge on any atom is 0.0279 e. The Morgan fingerprint density at radius 2 is 2.33 bits per heavy atom. The highest BCUT2D eigenvalue weighted by atomic mass is 14.6. The summed E-state index contributed by atoms with van der Waals surface area (Å²) < 4.78 is 0. The molecule has 0 aromatic rings. The quantitative estimate of drug-likeness (QED) is 0.519. The molecule has 0 heterocycles. The van der Waals surface area contributed by atoms with Gasteiger partial charge in [-0.3, -0.25) is 0 Å². The second kappa shape index (κ2) is 2.53. The summed E-state index contributed by atoms with van der Waals surface area (Å²) in [5, 5.41) is 0. The van der Waals surface area contributed by atoms with Crippen molar-refractivity contribution in [3.63, 3.8) is 0 Å². The number of hydrogen-bond donors (Lipinski definition) is 1. The van der Waals surface area contributed by atoms with Gasteiger partial charge in [0.2, 0.25) is 0 Å². The van der Waals surface area contributed by atoms with Crippen molar-refractivity contribution in [2.45, 2.75) is 13.3 Å². The predicted molar refractivity (Wildman–Crippen MR) is 39.8 cm³/mol. The van der Waals surface area contributed by atoms with Crippen LogP contribution >= 0.6 is 0 Å². The molecular formula is C8H11N. The van der Waals surface area contributed by atoms with Crippen molar-refractivity contribution in [3.8, 4) is 0 Å². The second-order valence-electron chi connectivity index (χ2n) is 2.23. The van der Waals surface area contributed by atoms with Gasteiger partial charge in [-0.15, -0.1) is 0 Å². The van der Waals surface area contributed by atoms with Gasteiger partial charge in [-0.05, 0) is 25.0 Å². The number of nitrogens with two attached hydrogens (primary N) is 1. The molecule has 1 aliphatic carbocycles. The summed E-state index contributed by atoms with van der Waals surface area (Å²) in [5.74, 6) is 0. The van der Waals surface area contributed by atoms with Gasteiger partial charge in [-0.1, -0.05) is 18.2 Å². The van der Waals surface area contributed by atoms with Gasteiger partial charge in [-0.25, -0.2) is 0 Å². The summed E-state index contributed by atoms with van der Waals surface area (Å²) in [4.78, 5) is 0. The van der Waals surface area contributed by atoms with Crippen LogP contribution in [-0.2, 0) is 0 Å². The fraction of sp³-hybridized carbons (Fsp3) is 0.250. The lowest BCUT2D eigenvalue weighted by molar-refractivity contribution is 1.31. The van der Waals surface area contributed by atoms with Crippen LogP contribution in [0.2, 0.25) is 0 Å². The normalized spacial score (nSPS) is 18.3. The largest absolute Gasteiger partial charge is 0.399 e. The Morgan fingerprint density at radius 3 is 3.11 bits per heavy atom. The van der Waals surface area contributed by atoms with Crippen molar-refractivity contribution in [1.29, 1.82) is 0 Å². The van der Waals surface area contributed by atoms with Gasteiger partial charge in [0.1, 0.15) is 0 Å². The molecule has 0 radical (unpaired) electrons. The van der Waals surface area contributed by atoms with Gasteiger partial charge >= 0.3 is 0 Å². The fourth-order valence-electron chi connectivity index (χ4n) is 0.828. The Kier molecular flexibility index (Phi) is 1.73. The van der Waals surface area contributed by atoms with Gasteiger partial charge in [0.05, 0.1) is 0 Å². The number of rotatable bonds is 0. The van der Waals surface area contributed by atoms with E-state index >= 15 is 0 Å². The van der Waals surface area contributed by atoms with Crippen LogP contribution in [0, 0.1) is 0 Å². The molecule has 48 valence electrons. The minimum atomic E-state index is 0.873. The van der Waals surface area contributed by atoms with E-state index in [2.05, 4.69) is 12.2 Å². The zero-order valence-electron chi connectivity index (χ0n) is 5.59. The standard InChI is InChI=1S/C8H11N/c1-7-4-2-3-5-8(9)6-7/h2,4-6H,3,9H2,1H3. The zero-order valence-corrected chi connectivity index (χ0v) is 5.59. The first kappa shape index (κ1) is 6.14. The third-order valence-corrected chi connectivity index (χ3v) is 1.26. The van der Waals surface area contributed by atoms with Crippen molar-refractivity contribution in [2.24, 2.45) is 5.73 Å². The first-order valence-electron chi connectivity index (χ1n) is 3.09. The molecule has 0 spiro atoms. The molecule has 0 atom stereocenters. The highest BCUT2D eigenvalue weighted by Gasteiger charge is 1.88. The summed E-state index contributed by atoms with van der Waals surface area (Å²) >= 11 is 0. The van der Waals surface area contributed by atoms with Gasteiger partial charge in [-0.2, -0.15) is 0 Å². The van der Waals surface area contributed by atoms with E-state index in [1.807, 2.05) is 19.1 Å². The number of hydrogen-bond acceptors (Lipinski definition) is 1. The van der Waals surface area contributed by atoms with Crippen molar-refractivity contribution in [1.82, 2.24) is 0 Å². The Balaban J connectivity index is 2.82. The molecule has 2 N–H and O–H groups in total. The predicted octanol–water partition coefficient (Wildman–Crippen LogP) is 1.74. The van der Waals surface area contributed by atoms with E-state index in [0.29, 0.717) is 0 Å². The van der Waals surface area contributed by atoms with E-state index in [1.54, 1.807) is 0 Å². The monoisotopic (exact) mass is 121 g/mol. The molecule has 0 unspecified atom stereocenters. The molecule has 1 heteroatoms. The van der Waals surface area contributed by atoms with Crippen LogP contribution in [0.25, 0.3) is 0 Å². The van der Waals surface area contributed by atoms with E-state index in [1.165, 1.54) is 5.57 Å². The van der Waals surface area contributed by atoms with Crippen molar-refractivity contribution < 1.29 is 0 Å². The highest BCUT2D eigenvalue weighted by Crippen LogP contribution is 2.05. The van der Waals surface area contributed by atoms with Crippen LogP contribution in [0.1, 0.15) is 13.3 Å². The molecule has 0 aromatic carbocycles. The summed E-state index contributed by atoms with van der Waals surface area (Å²) in [7, 11) is 0. The summed E-state index contributed by atoms with van der Waals surface area (Å²) in [6, 6.07) is 0. The van der Waals surface area contributed by atoms with Crippen LogP contribution in [0.3, 0.4) is 0 Å². The Labute approximate surface area is 55.6 Å². The third-order valence-electron chi connectivity index (χ3n) is 1.26. The maximum absolute atomic E-state index is 5.57. The molecule has 0 aromatic heterocycles. The van der Waals surface area contributed by atoms with E-state index in [-0.39, 0.29) is 0 Å². The molecule has 1 nitrogen and oxygen atoms in total. The minimum Gasteiger partial charge on any atom is -0.399 e. The first-order chi connectivity index (χ1) is 4.29. The molecular weight excluding hydrogens is 110 g/mol. The Morgan fingerprint density at radius 1 is 1.56 bits per heavy atom. The smallest absolute Gasteiger partial charge is 0.0279 e. The SMILES string of the molecule is CC1=CC(N)=CCC=C1. The van der Waals surface area contributed by atoms with Crippen molar-refractivity contribution in [2.75, 3.05) is 0 Å². The zero-order chi connectivity index (χ0) is 6.69. The van der Waals surface area contributed by atoms with E-state index in [9.17, 15) is 0 Å². The van der Waals surface area contributed by atoms with Crippen LogP contribution in [-0.4, -0.2) is 0 Å². The van der Waals surface area contributed by atoms with Crippen molar-refractivity contribution >= 4 is 0 Å². The molecule has 0 amide bonds. The van der Waals surface area contributed by atoms with Crippen LogP contribution in [0.15, 0.2) is 35.6 Å². The van der Waals surface area contributed by atoms with Gasteiger partial charge < -0.3 is 5.73 Å². The lowest BCUT2D eigenvalue weighted by atomic mass is 10.2. The van der Waals surface area contributed by atoms with E-state index < -0.39 is 0 Å². The average Bonchev–Trinajstić information content (AvgIpc) is 1.93. The van der Waals surface area contributed by atoms with Crippen LogP contribution in [0.5, 0.6) is 0 Å². The number of allylic oxidation sites excluding steroid dienone is 5. The summed E-state index contributed by atoms with van der Waals surface area (Å²) in [6.07, 6.45) is 9.12. The molecule has 0 bridgehead atoms. The Hall–Kier alpha value is -0.980. The lowest BCUT2D eigenvalue weighted by Crippen LogP contribution is -1.91. The van der Waals surface area contributed by atoms with Gasteiger partial charge in [0.25, 0.3) is 0 Å².